The van der Waals surface area contributed by atoms with Crippen LogP contribution in [0.3, 0.4) is 0 Å². The molecule has 4 rings (SSSR count). The zero-order valence-electron chi connectivity index (χ0n) is 16.1. The van der Waals surface area contributed by atoms with Gasteiger partial charge in [0.1, 0.15) is 0 Å². The van der Waals surface area contributed by atoms with E-state index in [1.54, 1.807) is 0 Å². The first-order valence-corrected chi connectivity index (χ1v) is 10.5. The van der Waals surface area contributed by atoms with Crippen molar-refractivity contribution < 1.29 is 4.79 Å². The van der Waals surface area contributed by atoms with Crippen molar-refractivity contribution in [2.24, 2.45) is 0 Å². The summed E-state index contributed by atoms with van der Waals surface area (Å²) in [6.07, 6.45) is 8.11. The largest absolute Gasteiger partial charge is 0.372 e. The Kier molecular flexibility index (Phi) is 5.47. The minimum atomic E-state index is -0.338. The lowest BCUT2D eigenvalue weighted by atomic mass is 9.78. The van der Waals surface area contributed by atoms with Gasteiger partial charge in [0.2, 0.25) is 5.91 Å². The van der Waals surface area contributed by atoms with Crippen molar-refractivity contribution in [2.75, 3.05) is 18.0 Å². The predicted molar refractivity (Wildman–Crippen MR) is 111 cm³/mol. The molecule has 0 radical (unpaired) electrons. The summed E-state index contributed by atoms with van der Waals surface area (Å²) in [6, 6.07) is 19.1. The van der Waals surface area contributed by atoms with Gasteiger partial charge in [-0.3, -0.25) is 4.79 Å². The molecule has 1 aliphatic carbocycles. The highest BCUT2D eigenvalue weighted by Gasteiger charge is 2.42. The fraction of sp³-hybridized carbons (Fsp3) is 0.458. The SMILES string of the molecule is O=C(NCc1ccc(N2CCCCC2)cc1)C1(c2ccccc2)CCCC1. The summed E-state index contributed by atoms with van der Waals surface area (Å²) < 4.78 is 0. The molecule has 1 saturated heterocycles. The number of nitrogens with zero attached hydrogens (tertiary/aromatic N) is 1. The molecule has 2 aliphatic rings. The molecule has 1 aliphatic heterocycles. The van der Waals surface area contributed by atoms with Crippen LogP contribution in [0.25, 0.3) is 0 Å². The van der Waals surface area contributed by atoms with Crippen LogP contribution in [0.5, 0.6) is 0 Å². The van der Waals surface area contributed by atoms with Gasteiger partial charge in [0.05, 0.1) is 5.41 Å². The molecule has 1 saturated carbocycles. The number of benzene rings is 2. The molecule has 0 atom stereocenters. The molecule has 3 nitrogen and oxygen atoms in total. The van der Waals surface area contributed by atoms with E-state index in [1.165, 1.54) is 36.1 Å². The second kappa shape index (κ2) is 8.16. The van der Waals surface area contributed by atoms with Crippen LogP contribution in [0.2, 0.25) is 0 Å². The zero-order valence-corrected chi connectivity index (χ0v) is 16.1. The number of piperidine rings is 1. The molecular formula is C24H30N2O. The first kappa shape index (κ1) is 18.1. The number of hydrogen-bond donors (Lipinski definition) is 1. The zero-order chi connectivity index (χ0) is 18.5. The van der Waals surface area contributed by atoms with E-state index in [0.717, 1.165) is 38.8 Å². The highest BCUT2D eigenvalue weighted by Crippen LogP contribution is 2.41. The molecular weight excluding hydrogens is 332 g/mol. The van der Waals surface area contributed by atoms with Crippen LogP contribution in [0, 0.1) is 0 Å². The summed E-state index contributed by atoms with van der Waals surface area (Å²) in [5.41, 5.74) is 3.31. The molecule has 0 unspecified atom stereocenters. The lowest BCUT2D eigenvalue weighted by Gasteiger charge is -2.29. The van der Waals surface area contributed by atoms with Crippen LogP contribution in [-0.4, -0.2) is 19.0 Å². The molecule has 0 spiro atoms. The Hall–Kier alpha value is -2.29. The number of anilines is 1. The fourth-order valence-electron chi connectivity index (χ4n) is 4.71. The number of nitrogens with one attached hydrogen (secondary N) is 1. The third-order valence-electron chi connectivity index (χ3n) is 6.33. The summed E-state index contributed by atoms with van der Waals surface area (Å²) >= 11 is 0. The molecule has 0 bridgehead atoms. The van der Waals surface area contributed by atoms with Crippen molar-refractivity contribution in [2.45, 2.75) is 56.9 Å². The standard InChI is InChI=1S/C24H30N2O/c27-23(24(15-5-6-16-24)21-9-3-1-4-10-21)25-19-20-11-13-22(14-12-20)26-17-7-2-8-18-26/h1,3-4,9-14H,2,5-8,15-19H2,(H,25,27). The topological polar surface area (TPSA) is 32.3 Å². The summed E-state index contributed by atoms with van der Waals surface area (Å²) in [5, 5.41) is 3.23. The quantitative estimate of drug-likeness (QED) is 0.828. The highest BCUT2D eigenvalue weighted by molar-refractivity contribution is 5.88. The van der Waals surface area contributed by atoms with Gasteiger partial charge in [-0.15, -0.1) is 0 Å². The minimum absolute atomic E-state index is 0.186. The molecule has 0 aromatic heterocycles. The second-order valence-corrected chi connectivity index (χ2v) is 8.05. The van der Waals surface area contributed by atoms with Crippen LogP contribution < -0.4 is 10.2 Å². The molecule has 27 heavy (non-hydrogen) atoms. The van der Waals surface area contributed by atoms with Crippen LogP contribution in [0.1, 0.15) is 56.1 Å². The van der Waals surface area contributed by atoms with Gasteiger partial charge in [-0.1, -0.05) is 55.3 Å². The molecule has 142 valence electrons. The van der Waals surface area contributed by atoms with Crippen molar-refractivity contribution in [3.63, 3.8) is 0 Å². The predicted octanol–water partition coefficient (Wildman–Crippen LogP) is 4.81. The van der Waals surface area contributed by atoms with Gasteiger partial charge in [-0.05, 0) is 55.4 Å². The van der Waals surface area contributed by atoms with Crippen molar-refractivity contribution in [3.05, 3.63) is 65.7 Å². The second-order valence-electron chi connectivity index (χ2n) is 8.05. The molecule has 2 fully saturated rings. The Labute approximate surface area is 162 Å². The van der Waals surface area contributed by atoms with E-state index in [1.807, 2.05) is 18.2 Å². The maximum absolute atomic E-state index is 13.1. The van der Waals surface area contributed by atoms with Gasteiger partial charge >= 0.3 is 0 Å². The first-order chi connectivity index (χ1) is 13.3. The minimum Gasteiger partial charge on any atom is -0.372 e. The smallest absolute Gasteiger partial charge is 0.230 e. The molecule has 1 N–H and O–H groups in total. The lowest BCUT2D eigenvalue weighted by Crippen LogP contribution is -2.42. The van der Waals surface area contributed by atoms with E-state index in [9.17, 15) is 4.79 Å². The number of carbonyl (C=O) groups is 1. The number of hydrogen-bond acceptors (Lipinski definition) is 2. The van der Waals surface area contributed by atoms with Gasteiger partial charge in [0.15, 0.2) is 0 Å². The summed E-state index contributed by atoms with van der Waals surface area (Å²) in [4.78, 5) is 15.6. The average Bonchev–Trinajstić information content (AvgIpc) is 3.25. The van der Waals surface area contributed by atoms with Crippen LogP contribution >= 0.6 is 0 Å². The average molecular weight is 363 g/mol. The van der Waals surface area contributed by atoms with Gasteiger partial charge < -0.3 is 10.2 Å². The van der Waals surface area contributed by atoms with Crippen molar-refractivity contribution in [1.82, 2.24) is 5.32 Å². The Balaban J connectivity index is 1.41. The molecule has 2 aromatic rings. The lowest BCUT2D eigenvalue weighted by molar-refractivity contribution is -0.126. The number of carbonyl (C=O) groups excluding carboxylic acids is 1. The maximum Gasteiger partial charge on any atom is 0.230 e. The van der Waals surface area contributed by atoms with Gasteiger partial charge in [0.25, 0.3) is 0 Å². The van der Waals surface area contributed by atoms with Crippen LogP contribution in [0.4, 0.5) is 5.69 Å². The van der Waals surface area contributed by atoms with E-state index >= 15 is 0 Å². The summed E-state index contributed by atoms with van der Waals surface area (Å²) in [5.74, 6) is 0.186. The first-order valence-electron chi connectivity index (χ1n) is 10.5. The van der Waals surface area contributed by atoms with E-state index in [2.05, 4.69) is 46.6 Å². The van der Waals surface area contributed by atoms with Gasteiger partial charge in [-0.25, -0.2) is 0 Å². The Morgan fingerprint density at radius 2 is 1.52 bits per heavy atom. The normalized spacial score (nSPS) is 19.0. The number of amides is 1. The van der Waals surface area contributed by atoms with Crippen molar-refractivity contribution in [1.29, 1.82) is 0 Å². The maximum atomic E-state index is 13.1. The molecule has 1 amide bonds. The number of rotatable bonds is 5. The Morgan fingerprint density at radius 3 is 2.19 bits per heavy atom. The summed E-state index contributed by atoms with van der Waals surface area (Å²) in [7, 11) is 0. The monoisotopic (exact) mass is 362 g/mol. The van der Waals surface area contributed by atoms with Gasteiger partial charge in [0, 0.05) is 25.3 Å². The van der Waals surface area contributed by atoms with E-state index in [4.69, 9.17) is 0 Å². The van der Waals surface area contributed by atoms with E-state index < -0.39 is 0 Å². The Morgan fingerprint density at radius 1 is 0.852 bits per heavy atom. The summed E-state index contributed by atoms with van der Waals surface area (Å²) in [6.45, 7) is 2.93. The molecule has 1 heterocycles. The van der Waals surface area contributed by atoms with Crippen molar-refractivity contribution in [3.8, 4) is 0 Å². The third-order valence-corrected chi connectivity index (χ3v) is 6.33. The molecule has 3 heteroatoms. The van der Waals surface area contributed by atoms with Gasteiger partial charge in [-0.2, -0.15) is 0 Å². The van der Waals surface area contributed by atoms with Crippen molar-refractivity contribution >= 4 is 11.6 Å². The third kappa shape index (κ3) is 3.87. The van der Waals surface area contributed by atoms with E-state index in [0.29, 0.717) is 6.54 Å². The molecule has 2 aromatic carbocycles. The van der Waals surface area contributed by atoms with Crippen LogP contribution in [-0.2, 0) is 16.8 Å². The van der Waals surface area contributed by atoms with E-state index in [-0.39, 0.29) is 11.3 Å². The highest BCUT2D eigenvalue weighted by atomic mass is 16.2. The fourth-order valence-corrected chi connectivity index (χ4v) is 4.71. The Bertz CT molecular complexity index is 742. The van der Waals surface area contributed by atoms with Crippen LogP contribution in [0.15, 0.2) is 54.6 Å².